The van der Waals surface area contributed by atoms with Crippen LogP contribution in [0.3, 0.4) is 0 Å². The van der Waals surface area contributed by atoms with Crippen LogP contribution >= 0.6 is 0 Å². The summed E-state index contributed by atoms with van der Waals surface area (Å²) in [6.07, 6.45) is 0.911. The van der Waals surface area contributed by atoms with Gasteiger partial charge in [-0.2, -0.15) is 0 Å². The van der Waals surface area contributed by atoms with Gasteiger partial charge in [0.15, 0.2) is 0 Å². The van der Waals surface area contributed by atoms with Gasteiger partial charge in [-0.25, -0.2) is 0 Å². The summed E-state index contributed by atoms with van der Waals surface area (Å²) in [5, 5.41) is 10.3. The lowest BCUT2D eigenvalue weighted by atomic mass is 9.89. The van der Waals surface area contributed by atoms with Gasteiger partial charge in [-0.05, 0) is 25.4 Å². The van der Waals surface area contributed by atoms with Gasteiger partial charge in [0, 0.05) is 26.2 Å². The molecular formula is C13H27N2O. The summed E-state index contributed by atoms with van der Waals surface area (Å²) in [5.41, 5.74) is -0.419. The van der Waals surface area contributed by atoms with E-state index in [0.717, 1.165) is 45.7 Å². The molecule has 0 unspecified atom stereocenters. The van der Waals surface area contributed by atoms with Crippen molar-refractivity contribution in [3.05, 3.63) is 5.92 Å². The quantitative estimate of drug-likeness (QED) is 0.712. The summed E-state index contributed by atoms with van der Waals surface area (Å²) in [6, 6.07) is 0. The second-order valence-electron chi connectivity index (χ2n) is 5.35. The molecule has 95 valence electrons. The Morgan fingerprint density at radius 3 is 2.25 bits per heavy atom. The van der Waals surface area contributed by atoms with Crippen molar-refractivity contribution in [3.63, 3.8) is 0 Å². The van der Waals surface area contributed by atoms with Gasteiger partial charge in [-0.1, -0.05) is 27.7 Å². The SMILES string of the molecule is CCN(CC)CCC1(O)CN(C[C](C)C)C1. The Hall–Kier alpha value is -0.120. The molecule has 1 fully saturated rings. The fourth-order valence-corrected chi connectivity index (χ4v) is 2.41. The molecular weight excluding hydrogens is 200 g/mol. The van der Waals surface area contributed by atoms with E-state index in [-0.39, 0.29) is 0 Å². The summed E-state index contributed by atoms with van der Waals surface area (Å²) in [5.74, 6) is 1.42. The molecule has 0 spiro atoms. The molecule has 1 radical (unpaired) electrons. The van der Waals surface area contributed by atoms with Crippen LogP contribution in [0.15, 0.2) is 0 Å². The van der Waals surface area contributed by atoms with E-state index in [9.17, 15) is 5.11 Å². The molecule has 3 nitrogen and oxygen atoms in total. The number of hydrogen-bond acceptors (Lipinski definition) is 3. The van der Waals surface area contributed by atoms with Crippen molar-refractivity contribution in [2.45, 2.75) is 39.7 Å². The van der Waals surface area contributed by atoms with Crippen molar-refractivity contribution in [3.8, 4) is 0 Å². The number of nitrogens with zero attached hydrogens (tertiary/aromatic N) is 2. The zero-order valence-electron chi connectivity index (χ0n) is 11.3. The van der Waals surface area contributed by atoms with Crippen molar-refractivity contribution in [1.82, 2.24) is 9.80 Å². The van der Waals surface area contributed by atoms with E-state index >= 15 is 0 Å². The Morgan fingerprint density at radius 2 is 1.81 bits per heavy atom. The van der Waals surface area contributed by atoms with Gasteiger partial charge in [0.1, 0.15) is 0 Å². The van der Waals surface area contributed by atoms with Gasteiger partial charge in [0.05, 0.1) is 5.60 Å². The largest absolute Gasteiger partial charge is 0.387 e. The Bertz CT molecular complexity index is 196. The van der Waals surface area contributed by atoms with Crippen LogP contribution in [0.4, 0.5) is 0 Å². The molecule has 1 N–H and O–H groups in total. The van der Waals surface area contributed by atoms with Crippen LogP contribution in [0.2, 0.25) is 0 Å². The molecule has 0 aliphatic carbocycles. The van der Waals surface area contributed by atoms with Crippen molar-refractivity contribution in [1.29, 1.82) is 0 Å². The summed E-state index contributed by atoms with van der Waals surface area (Å²) in [4.78, 5) is 4.69. The fourth-order valence-electron chi connectivity index (χ4n) is 2.41. The van der Waals surface area contributed by atoms with E-state index in [1.54, 1.807) is 0 Å². The second kappa shape index (κ2) is 5.99. The Morgan fingerprint density at radius 1 is 1.25 bits per heavy atom. The lowest BCUT2D eigenvalue weighted by Crippen LogP contribution is -2.63. The Balaban J connectivity index is 2.19. The highest BCUT2D eigenvalue weighted by atomic mass is 16.3. The van der Waals surface area contributed by atoms with E-state index in [2.05, 4.69) is 37.5 Å². The van der Waals surface area contributed by atoms with Gasteiger partial charge >= 0.3 is 0 Å². The molecule has 0 aromatic rings. The average Bonchev–Trinajstić information content (AvgIpc) is 2.16. The molecule has 0 saturated carbocycles. The topological polar surface area (TPSA) is 26.7 Å². The van der Waals surface area contributed by atoms with E-state index in [0.29, 0.717) is 0 Å². The summed E-state index contributed by atoms with van der Waals surface area (Å²) >= 11 is 0. The van der Waals surface area contributed by atoms with E-state index in [1.165, 1.54) is 5.92 Å². The Labute approximate surface area is 100 Å². The van der Waals surface area contributed by atoms with Crippen LogP contribution in [-0.4, -0.2) is 59.8 Å². The van der Waals surface area contributed by atoms with Gasteiger partial charge in [0.2, 0.25) is 0 Å². The molecule has 0 aromatic carbocycles. The summed E-state index contributed by atoms with van der Waals surface area (Å²) < 4.78 is 0. The van der Waals surface area contributed by atoms with Crippen molar-refractivity contribution < 1.29 is 5.11 Å². The molecule has 1 saturated heterocycles. The van der Waals surface area contributed by atoms with E-state index < -0.39 is 5.60 Å². The minimum Gasteiger partial charge on any atom is -0.387 e. The number of aliphatic hydroxyl groups is 1. The zero-order chi connectivity index (χ0) is 12.2. The Kier molecular flexibility index (Phi) is 5.22. The molecule has 1 aliphatic heterocycles. The van der Waals surface area contributed by atoms with Gasteiger partial charge in [-0.15, -0.1) is 0 Å². The van der Waals surface area contributed by atoms with Gasteiger partial charge < -0.3 is 10.0 Å². The van der Waals surface area contributed by atoms with Crippen LogP contribution < -0.4 is 0 Å². The fraction of sp³-hybridized carbons (Fsp3) is 0.923. The monoisotopic (exact) mass is 227 g/mol. The molecule has 3 heteroatoms. The highest BCUT2D eigenvalue weighted by molar-refractivity contribution is 4.99. The van der Waals surface area contributed by atoms with Crippen LogP contribution in [0.25, 0.3) is 0 Å². The smallest absolute Gasteiger partial charge is 0.0912 e. The van der Waals surface area contributed by atoms with Gasteiger partial charge in [0.25, 0.3) is 0 Å². The lowest BCUT2D eigenvalue weighted by molar-refractivity contribution is -0.103. The number of β-amino-alcohol motifs (C(OH)–C–C–N with tert-alkyl or cyclic N) is 1. The first-order chi connectivity index (χ1) is 7.49. The predicted molar refractivity (Wildman–Crippen MR) is 68.4 cm³/mol. The third-order valence-electron chi connectivity index (χ3n) is 3.36. The maximum atomic E-state index is 10.3. The van der Waals surface area contributed by atoms with E-state index in [4.69, 9.17) is 0 Å². The average molecular weight is 227 g/mol. The van der Waals surface area contributed by atoms with Crippen LogP contribution in [0, 0.1) is 5.92 Å². The van der Waals surface area contributed by atoms with Crippen molar-refractivity contribution in [2.24, 2.45) is 0 Å². The highest BCUT2D eigenvalue weighted by Gasteiger charge is 2.40. The standard InChI is InChI=1S/C13H27N2O/c1-5-14(6-2)8-7-13(16)10-15(11-13)9-12(3)4/h16H,5-11H2,1-4H3. The molecule has 1 aliphatic rings. The predicted octanol–water partition coefficient (Wildman–Crippen LogP) is 1.38. The zero-order valence-corrected chi connectivity index (χ0v) is 11.3. The van der Waals surface area contributed by atoms with Crippen molar-refractivity contribution >= 4 is 0 Å². The summed E-state index contributed by atoms with van der Waals surface area (Å²) in [6.45, 7) is 14.6. The molecule has 0 aromatic heterocycles. The first-order valence-electron chi connectivity index (χ1n) is 6.45. The summed E-state index contributed by atoms with van der Waals surface area (Å²) in [7, 11) is 0. The first-order valence-corrected chi connectivity index (χ1v) is 6.45. The minimum atomic E-state index is -0.419. The van der Waals surface area contributed by atoms with E-state index in [1.807, 2.05) is 0 Å². The minimum absolute atomic E-state index is 0.419. The normalized spacial score (nSPS) is 20.4. The number of likely N-dealkylation sites (tertiary alicyclic amines) is 1. The van der Waals surface area contributed by atoms with Gasteiger partial charge in [-0.3, -0.25) is 4.90 Å². The molecule has 0 amide bonds. The highest BCUT2D eigenvalue weighted by Crippen LogP contribution is 2.25. The van der Waals surface area contributed by atoms with Crippen LogP contribution in [0.1, 0.15) is 34.1 Å². The molecule has 1 heterocycles. The molecule has 1 rings (SSSR count). The third-order valence-corrected chi connectivity index (χ3v) is 3.36. The van der Waals surface area contributed by atoms with Crippen molar-refractivity contribution in [2.75, 3.05) is 39.3 Å². The number of hydrogen-bond donors (Lipinski definition) is 1. The molecule has 0 atom stereocenters. The molecule has 0 bridgehead atoms. The first kappa shape index (κ1) is 13.9. The third kappa shape index (κ3) is 4.04. The van der Waals surface area contributed by atoms with Crippen LogP contribution in [0.5, 0.6) is 0 Å². The maximum absolute atomic E-state index is 10.3. The molecule has 16 heavy (non-hydrogen) atoms. The number of rotatable bonds is 7. The van der Waals surface area contributed by atoms with Crippen LogP contribution in [-0.2, 0) is 0 Å². The lowest BCUT2D eigenvalue weighted by Gasteiger charge is -2.48. The second-order valence-corrected chi connectivity index (χ2v) is 5.35. The maximum Gasteiger partial charge on any atom is 0.0912 e.